The quantitative estimate of drug-likeness (QED) is 0.638. The van der Waals surface area contributed by atoms with E-state index in [1.165, 1.54) is 6.92 Å². The van der Waals surface area contributed by atoms with Gasteiger partial charge in [-0.3, -0.25) is 14.4 Å². The number of carbonyl (C=O) groups excluding carboxylic acids is 3. The number of aromatic nitrogens is 2. The SMILES string of the molecule is CC(=O)c1cccc(Nc2nc(C)cc(C(=O)N3CCN(C=O)CC3)n2)c1. The average molecular weight is 367 g/mol. The van der Waals surface area contributed by atoms with Gasteiger partial charge in [-0.15, -0.1) is 0 Å². The number of nitrogens with one attached hydrogen (secondary N) is 1. The minimum Gasteiger partial charge on any atom is -0.342 e. The molecule has 1 saturated heterocycles. The first-order valence-electron chi connectivity index (χ1n) is 8.68. The monoisotopic (exact) mass is 367 g/mol. The largest absolute Gasteiger partial charge is 0.342 e. The van der Waals surface area contributed by atoms with Gasteiger partial charge in [0.05, 0.1) is 0 Å². The van der Waals surface area contributed by atoms with Crippen LogP contribution in [-0.2, 0) is 4.79 Å². The standard InChI is InChI=1S/C19H21N5O3/c1-13-10-17(18(27)24-8-6-23(12-25)7-9-24)22-19(20-13)21-16-5-3-4-15(11-16)14(2)26/h3-5,10-12H,6-9H2,1-2H3,(H,20,21,22). The maximum atomic E-state index is 12.8. The molecule has 27 heavy (non-hydrogen) atoms. The van der Waals surface area contributed by atoms with Crippen molar-refractivity contribution >= 4 is 29.7 Å². The zero-order chi connectivity index (χ0) is 19.4. The van der Waals surface area contributed by atoms with Crippen LogP contribution in [0.15, 0.2) is 30.3 Å². The van der Waals surface area contributed by atoms with Gasteiger partial charge >= 0.3 is 0 Å². The molecule has 0 aliphatic carbocycles. The molecule has 8 heteroatoms. The van der Waals surface area contributed by atoms with E-state index in [1.807, 2.05) is 0 Å². The molecule has 0 bridgehead atoms. The molecule has 1 aromatic heterocycles. The summed E-state index contributed by atoms with van der Waals surface area (Å²) in [5.41, 5.74) is 2.21. The van der Waals surface area contributed by atoms with E-state index >= 15 is 0 Å². The first kappa shape index (κ1) is 18.5. The summed E-state index contributed by atoms with van der Waals surface area (Å²) in [5, 5.41) is 3.05. The zero-order valence-corrected chi connectivity index (χ0v) is 15.3. The molecule has 0 unspecified atom stereocenters. The van der Waals surface area contributed by atoms with Crippen LogP contribution in [0, 0.1) is 6.92 Å². The van der Waals surface area contributed by atoms with Crippen LogP contribution in [0.25, 0.3) is 0 Å². The Bertz CT molecular complexity index is 875. The van der Waals surface area contributed by atoms with Crippen molar-refractivity contribution in [1.29, 1.82) is 0 Å². The Hall–Kier alpha value is -3.29. The lowest BCUT2D eigenvalue weighted by Crippen LogP contribution is -2.48. The molecule has 1 N–H and O–H groups in total. The van der Waals surface area contributed by atoms with Gasteiger partial charge < -0.3 is 15.1 Å². The van der Waals surface area contributed by atoms with Crippen molar-refractivity contribution in [3.8, 4) is 0 Å². The van der Waals surface area contributed by atoms with Crippen molar-refractivity contribution in [2.45, 2.75) is 13.8 Å². The van der Waals surface area contributed by atoms with Crippen molar-refractivity contribution in [3.63, 3.8) is 0 Å². The van der Waals surface area contributed by atoms with E-state index < -0.39 is 0 Å². The fourth-order valence-corrected chi connectivity index (χ4v) is 2.87. The van der Waals surface area contributed by atoms with E-state index in [0.717, 1.165) is 6.41 Å². The number of benzene rings is 1. The van der Waals surface area contributed by atoms with Gasteiger partial charge in [-0.05, 0) is 32.0 Å². The van der Waals surface area contributed by atoms with Gasteiger partial charge in [0.25, 0.3) is 5.91 Å². The summed E-state index contributed by atoms with van der Waals surface area (Å²) < 4.78 is 0. The van der Waals surface area contributed by atoms with Gasteiger partial charge in [-0.25, -0.2) is 9.97 Å². The second-order valence-corrected chi connectivity index (χ2v) is 6.41. The topological polar surface area (TPSA) is 95.5 Å². The highest BCUT2D eigenvalue weighted by Gasteiger charge is 2.23. The first-order chi connectivity index (χ1) is 13.0. The third kappa shape index (κ3) is 4.46. The number of piperazine rings is 1. The van der Waals surface area contributed by atoms with E-state index in [2.05, 4.69) is 15.3 Å². The molecule has 0 atom stereocenters. The number of hydrogen-bond donors (Lipinski definition) is 1. The molecule has 0 spiro atoms. The highest BCUT2D eigenvalue weighted by molar-refractivity contribution is 5.95. The van der Waals surface area contributed by atoms with E-state index in [1.54, 1.807) is 47.1 Å². The Morgan fingerprint density at radius 1 is 1.11 bits per heavy atom. The minimum absolute atomic E-state index is 0.0332. The average Bonchev–Trinajstić information content (AvgIpc) is 2.67. The summed E-state index contributed by atoms with van der Waals surface area (Å²) >= 11 is 0. The molecule has 1 aliphatic rings. The van der Waals surface area contributed by atoms with Gasteiger partial charge in [-0.2, -0.15) is 0 Å². The first-order valence-corrected chi connectivity index (χ1v) is 8.68. The molecule has 0 radical (unpaired) electrons. The molecule has 1 fully saturated rings. The van der Waals surface area contributed by atoms with Crippen molar-refractivity contribution in [1.82, 2.24) is 19.8 Å². The summed E-state index contributed by atoms with van der Waals surface area (Å²) in [6, 6.07) is 8.67. The molecule has 1 aromatic carbocycles. The molecular formula is C19H21N5O3. The highest BCUT2D eigenvalue weighted by atomic mass is 16.2. The van der Waals surface area contributed by atoms with Crippen LogP contribution in [0.1, 0.15) is 33.5 Å². The number of ketones is 1. The summed E-state index contributed by atoms with van der Waals surface area (Å²) in [6.45, 7) is 5.28. The van der Waals surface area contributed by atoms with Crippen LogP contribution in [-0.4, -0.2) is 64.0 Å². The maximum Gasteiger partial charge on any atom is 0.272 e. The van der Waals surface area contributed by atoms with Crippen LogP contribution in [0.2, 0.25) is 0 Å². The Kier molecular flexibility index (Phi) is 5.44. The number of hydrogen-bond acceptors (Lipinski definition) is 6. The number of nitrogens with zero attached hydrogens (tertiary/aromatic N) is 4. The number of rotatable bonds is 5. The van der Waals surface area contributed by atoms with E-state index in [4.69, 9.17) is 0 Å². The lowest BCUT2D eigenvalue weighted by molar-refractivity contribution is -0.119. The fourth-order valence-electron chi connectivity index (χ4n) is 2.87. The third-order valence-corrected chi connectivity index (χ3v) is 4.35. The van der Waals surface area contributed by atoms with Crippen molar-refractivity contribution in [3.05, 3.63) is 47.3 Å². The Labute approximate surface area is 157 Å². The van der Waals surface area contributed by atoms with Gasteiger partial charge in [0.1, 0.15) is 5.69 Å². The molecule has 2 aromatic rings. The Morgan fingerprint density at radius 2 is 1.85 bits per heavy atom. The Balaban J connectivity index is 1.78. The molecule has 0 saturated carbocycles. The number of amides is 2. The van der Waals surface area contributed by atoms with Crippen molar-refractivity contribution in [2.75, 3.05) is 31.5 Å². The van der Waals surface area contributed by atoms with E-state index in [9.17, 15) is 14.4 Å². The number of carbonyl (C=O) groups is 3. The summed E-state index contributed by atoms with van der Waals surface area (Å²) in [4.78, 5) is 47.1. The zero-order valence-electron chi connectivity index (χ0n) is 15.3. The number of anilines is 2. The van der Waals surface area contributed by atoms with Gasteiger partial charge in [0, 0.05) is 43.1 Å². The summed E-state index contributed by atoms with van der Waals surface area (Å²) in [5.74, 6) is 0.0753. The normalized spacial score (nSPS) is 14.0. The molecule has 8 nitrogen and oxygen atoms in total. The molecule has 140 valence electrons. The lowest BCUT2D eigenvalue weighted by atomic mass is 10.1. The predicted molar refractivity (Wildman–Crippen MR) is 100 cm³/mol. The van der Waals surface area contributed by atoms with Crippen LogP contribution >= 0.6 is 0 Å². The smallest absolute Gasteiger partial charge is 0.272 e. The highest BCUT2D eigenvalue weighted by Crippen LogP contribution is 2.17. The molecule has 2 amide bonds. The second-order valence-electron chi connectivity index (χ2n) is 6.41. The molecular weight excluding hydrogens is 346 g/mol. The van der Waals surface area contributed by atoms with Gasteiger partial charge in [0.15, 0.2) is 5.78 Å². The van der Waals surface area contributed by atoms with Crippen molar-refractivity contribution < 1.29 is 14.4 Å². The van der Waals surface area contributed by atoms with E-state index in [-0.39, 0.29) is 11.7 Å². The molecule has 3 rings (SSSR count). The second kappa shape index (κ2) is 7.94. The number of Topliss-reactive ketones (excluding diaryl/α,β-unsaturated/α-hetero) is 1. The minimum atomic E-state index is -0.188. The lowest BCUT2D eigenvalue weighted by Gasteiger charge is -2.32. The van der Waals surface area contributed by atoms with Gasteiger partial charge in [0.2, 0.25) is 12.4 Å². The van der Waals surface area contributed by atoms with Gasteiger partial charge in [-0.1, -0.05) is 12.1 Å². The van der Waals surface area contributed by atoms with Crippen LogP contribution in [0.3, 0.4) is 0 Å². The number of aryl methyl sites for hydroxylation is 1. The fraction of sp³-hybridized carbons (Fsp3) is 0.316. The Morgan fingerprint density at radius 3 is 2.52 bits per heavy atom. The third-order valence-electron chi connectivity index (χ3n) is 4.35. The van der Waals surface area contributed by atoms with Crippen molar-refractivity contribution in [2.24, 2.45) is 0 Å². The van der Waals surface area contributed by atoms with Crippen LogP contribution in [0.4, 0.5) is 11.6 Å². The molecule has 1 aliphatic heterocycles. The van der Waals surface area contributed by atoms with E-state index in [0.29, 0.717) is 54.8 Å². The van der Waals surface area contributed by atoms with Crippen LogP contribution in [0.5, 0.6) is 0 Å². The molecule has 2 heterocycles. The summed E-state index contributed by atoms with van der Waals surface area (Å²) in [7, 11) is 0. The predicted octanol–water partition coefficient (Wildman–Crippen LogP) is 1.65. The maximum absolute atomic E-state index is 12.8. The summed E-state index contributed by atoms with van der Waals surface area (Å²) in [6.07, 6.45) is 0.799. The van der Waals surface area contributed by atoms with Crippen LogP contribution < -0.4 is 5.32 Å².